The lowest BCUT2D eigenvalue weighted by molar-refractivity contribution is -0.166. The lowest BCUT2D eigenvalue weighted by Gasteiger charge is -2.18. The second-order valence-electron chi connectivity index (χ2n) is 16.7. The number of unbranched alkanes of at least 4 members (excludes halogenated alkanes) is 10. The van der Waals surface area contributed by atoms with Crippen molar-refractivity contribution in [1.29, 1.82) is 0 Å². The maximum atomic E-state index is 12.8. The quantitative estimate of drug-likeness (QED) is 0.0262. The molecule has 374 valence electrons. The van der Waals surface area contributed by atoms with Crippen molar-refractivity contribution >= 4 is 17.9 Å². The summed E-state index contributed by atoms with van der Waals surface area (Å²) in [6.45, 7) is 6.24. The molecule has 0 unspecified atom stereocenters. The minimum atomic E-state index is -0.841. The van der Waals surface area contributed by atoms with Crippen LogP contribution in [-0.4, -0.2) is 37.2 Å². The molecular weight excluding hydrogens is 829 g/mol. The summed E-state index contributed by atoms with van der Waals surface area (Å²) in [5.74, 6) is -1.09. The average molecular weight is 923 g/mol. The number of carbonyl (C=O) groups is 3. The Morgan fingerprint density at radius 2 is 0.612 bits per heavy atom. The van der Waals surface area contributed by atoms with Crippen LogP contribution in [0.2, 0.25) is 0 Å². The summed E-state index contributed by atoms with van der Waals surface area (Å²) in [5.41, 5.74) is 0. The maximum Gasteiger partial charge on any atom is 0.306 e. The van der Waals surface area contributed by atoms with E-state index in [0.717, 1.165) is 122 Å². The van der Waals surface area contributed by atoms with Gasteiger partial charge < -0.3 is 14.2 Å². The molecule has 1 atom stereocenters. The summed E-state index contributed by atoms with van der Waals surface area (Å²) < 4.78 is 16.7. The van der Waals surface area contributed by atoms with Crippen LogP contribution in [-0.2, 0) is 28.6 Å². The number of ether oxygens (including phenoxy) is 3. The molecule has 0 spiro atoms. The molecule has 0 aliphatic rings. The van der Waals surface area contributed by atoms with E-state index in [1.54, 1.807) is 0 Å². The Hall–Kier alpha value is -4.71. The van der Waals surface area contributed by atoms with E-state index < -0.39 is 6.10 Å². The molecule has 67 heavy (non-hydrogen) atoms. The zero-order valence-electron chi connectivity index (χ0n) is 42.6. The van der Waals surface area contributed by atoms with Crippen LogP contribution in [0.25, 0.3) is 0 Å². The summed E-state index contributed by atoms with van der Waals surface area (Å²) in [4.78, 5) is 38.0. The van der Waals surface area contributed by atoms with Crippen LogP contribution in [0, 0.1) is 0 Å². The first-order chi connectivity index (χ1) is 33.0. The summed E-state index contributed by atoms with van der Waals surface area (Å²) >= 11 is 0. The van der Waals surface area contributed by atoms with Gasteiger partial charge in [0.1, 0.15) is 13.2 Å². The highest BCUT2D eigenvalue weighted by molar-refractivity contribution is 5.71. The average Bonchev–Trinajstić information content (AvgIpc) is 3.33. The van der Waals surface area contributed by atoms with Gasteiger partial charge in [-0.15, -0.1) is 0 Å². The predicted molar refractivity (Wildman–Crippen MR) is 288 cm³/mol. The smallest absolute Gasteiger partial charge is 0.306 e. The van der Waals surface area contributed by atoms with E-state index in [-0.39, 0.29) is 50.4 Å². The number of allylic oxidation sites excluding steroid dienone is 24. The van der Waals surface area contributed by atoms with Gasteiger partial charge >= 0.3 is 17.9 Å². The fourth-order valence-corrected chi connectivity index (χ4v) is 6.43. The van der Waals surface area contributed by atoms with Crippen molar-refractivity contribution in [3.05, 3.63) is 146 Å². The second kappa shape index (κ2) is 53.9. The van der Waals surface area contributed by atoms with Gasteiger partial charge in [-0.25, -0.2) is 0 Å². The molecule has 0 rings (SSSR count). The number of hydrogen-bond acceptors (Lipinski definition) is 6. The van der Waals surface area contributed by atoms with Gasteiger partial charge in [0, 0.05) is 19.3 Å². The highest BCUT2D eigenvalue weighted by Gasteiger charge is 2.19. The van der Waals surface area contributed by atoms with E-state index in [0.29, 0.717) is 12.8 Å². The third-order valence-corrected chi connectivity index (χ3v) is 10.3. The highest BCUT2D eigenvalue weighted by Crippen LogP contribution is 2.11. The highest BCUT2D eigenvalue weighted by atomic mass is 16.6. The molecule has 6 heteroatoms. The molecule has 0 saturated heterocycles. The van der Waals surface area contributed by atoms with Crippen molar-refractivity contribution < 1.29 is 28.6 Å². The monoisotopic (exact) mass is 923 g/mol. The van der Waals surface area contributed by atoms with Crippen LogP contribution in [0.3, 0.4) is 0 Å². The summed E-state index contributed by atoms with van der Waals surface area (Å²) in [5, 5.41) is 0. The molecule has 0 aliphatic heterocycles. The van der Waals surface area contributed by atoms with Crippen molar-refractivity contribution in [2.24, 2.45) is 0 Å². The standard InChI is InChI=1S/C61H94O6/c1-4-7-10-13-16-19-22-25-28-29-30-31-34-36-39-42-45-48-51-54-60(63)66-57-58(67-61(64)55-52-49-46-43-40-37-33-27-24-21-18-15-12-9-6-3)56-65-59(62)53-50-47-44-41-38-35-32-26-23-20-17-14-11-8-5-2/h8-9,11-12,16-21,25-28,30-33,36,38-39,41,45,48,58H,4-7,10,13-15,22-24,29,34-35,37,40,42-44,46-47,49-57H2,1-3H3/b11-8-,12-9-,19-16-,20-17-,21-18-,28-25-,31-30-,32-26-,33-27-,39-36-,41-38-,48-45-/t58-/m1/s1. The van der Waals surface area contributed by atoms with E-state index in [4.69, 9.17) is 14.2 Å². The van der Waals surface area contributed by atoms with Crippen LogP contribution in [0.15, 0.2) is 146 Å². The molecule has 0 aromatic carbocycles. The number of rotatable bonds is 45. The minimum Gasteiger partial charge on any atom is -0.462 e. The SMILES string of the molecule is CC/C=C\C/C=C\C/C=C\C/C=C\CCCCC(=O)OC[C@H](COC(=O)CC/C=C\C/C=C\C/C=C\C/C=C\C/C=C\CCCCC)OC(=O)CCCCCCC/C=C\C/C=C\C/C=C\CC. The molecule has 0 radical (unpaired) electrons. The summed E-state index contributed by atoms with van der Waals surface area (Å²) in [7, 11) is 0. The molecule has 0 fully saturated rings. The second-order valence-corrected chi connectivity index (χ2v) is 16.7. The van der Waals surface area contributed by atoms with E-state index in [9.17, 15) is 14.4 Å². The van der Waals surface area contributed by atoms with Crippen molar-refractivity contribution in [3.8, 4) is 0 Å². The van der Waals surface area contributed by atoms with Gasteiger partial charge in [-0.05, 0) is 128 Å². The van der Waals surface area contributed by atoms with Gasteiger partial charge in [0.05, 0.1) is 0 Å². The number of hydrogen-bond donors (Lipinski definition) is 0. The molecular formula is C61H94O6. The fourth-order valence-electron chi connectivity index (χ4n) is 6.43. The number of esters is 3. The number of carbonyl (C=O) groups excluding carboxylic acids is 3. The van der Waals surface area contributed by atoms with Crippen molar-refractivity contribution in [2.45, 2.75) is 207 Å². The van der Waals surface area contributed by atoms with Gasteiger partial charge in [-0.2, -0.15) is 0 Å². The van der Waals surface area contributed by atoms with Gasteiger partial charge in [0.15, 0.2) is 6.10 Å². The Labute approximate surface area is 410 Å². The predicted octanol–water partition coefficient (Wildman–Crippen LogP) is 17.6. The zero-order chi connectivity index (χ0) is 48.6. The minimum absolute atomic E-state index is 0.136. The van der Waals surface area contributed by atoms with Crippen molar-refractivity contribution in [2.75, 3.05) is 13.2 Å². The molecule has 6 nitrogen and oxygen atoms in total. The largest absolute Gasteiger partial charge is 0.462 e. The summed E-state index contributed by atoms with van der Waals surface area (Å²) in [6.07, 6.45) is 77.0. The fraction of sp³-hybridized carbons (Fsp3) is 0.557. The third kappa shape index (κ3) is 52.1. The van der Waals surface area contributed by atoms with E-state index in [2.05, 4.69) is 154 Å². The van der Waals surface area contributed by atoms with Crippen molar-refractivity contribution in [3.63, 3.8) is 0 Å². The molecule has 0 N–H and O–H groups in total. The van der Waals surface area contributed by atoms with Crippen molar-refractivity contribution in [1.82, 2.24) is 0 Å². The Kier molecular flexibility index (Phi) is 50.1. The Bertz CT molecular complexity index is 1530. The topological polar surface area (TPSA) is 78.9 Å². The molecule has 0 aliphatic carbocycles. The van der Waals surface area contributed by atoms with Gasteiger partial charge in [0.2, 0.25) is 0 Å². The van der Waals surface area contributed by atoms with Crippen LogP contribution in [0.4, 0.5) is 0 Å². The Morgan fingerprint density at radius 1 is 0.313 bits per heavy atom. The first kappa shape index (κ1) is 62.3. The van der Waals surface area contributed by atoms with Crippen LogP contribution >= 0.6 is 0 Å². The molecule has 0 saturated carbocycles. The molecule has 0 aromatic heterocycles. The molecule has 0 aromatic rings. The Balaban J connectivity index is 4.62. The Morgan fingerprint density at radius 3 is 1.03 bits per heavy atom. The van der Waals surface area contributed by atoms with E-state index >= 15 is 0 Å². The van der Waals surface area contributed by atoms with E-state index in [1.165, 1.54) is 25.7 Å². The lowest BCUT2D eigenvalue weighted by Crippen LogP contribution is -2.30. The van der Waals surface area contributed by atoms with Gasteiger partial charge in [0.25, 0.3) is 0 Å². The molecule has 0 heterocycles. The van der Waals surface area contributed by atoms with Crippen LogP contribution in [0.1, 0.15) is 201 Å². The normalized spacial score (nSPS) is 13.3. The molecule has 0 bridgehead atoms. The zero-order valence-corrected chi connectivity index (χ0v) is 42.6. The lowest BCUT2D eigenvalue weighted by atomic mass is 10.1. The van der Waals surface area contributed by atoms with Crippen LogP contribution < -0.4 is 0 Å². The van der Waals surface area contributed by atoms with Gasteiger partial charge in [-0.1, -0.05) is 199 Å². The van der Waals surface area contributed by atoms with E-state index in [1.807, 2.05) is 12.2 Å². The van der Waals surface area contributed by atoms with Crippen LogP contribution in [0.5, 0.6) is 0 Å². The summed E-state index contributed by atoms with van der Waals surface area (Å²) in [6, 6.07) is 0. The molecule has 0 amide bonds. The maximum absolute atomic E-state index is 12.8. The van der Waals surface area contributed by atoms with Gasteiger partial charge in [-0.3, -0.25) is 14.4 Å². The first-order valence-corrected chi connectivity index (χ1v) is 26.3. The first-order valence-electron chi connectivity index (χ1n) is 26.3. The third-order valence-electron chi connectivity index (χ3n) is 10.3.